The van der Waals surface area contributed by atoms with E-state index in [0.29, 0.717) is 6.42 Å². The van der Waals surface area contributed by atoms with Crippen molar-refractivity contribution in [2.75, 3.05) is 39.8 Å². The molecule has 0 bridgehead atoms. The van der Waals surface area contributed by atoms with E-state index in [1.165, 1.54) is 13.0 Å². The van der Waals surface area contributed by atoms with Crippen molar-refractivity contribution < 1.29 is 0 Å². The van der Waals surface area contributed by atoms with Crippen LogP contribution in [0, 0.1) is 11.3 Å². The summed E-state index contributed by atoms with van der Waals surface area (Å²) in [7, 11) is 2.16. The van der Waals surface area contributed by atoms with E-state index in [1.54, 1.807) is 0 Å². The van der Waals surface area contributed by atoms with Crippen molar-refractivity contribution in [1.82, 2.24) is 9.80 Å². The van der Waals surface area contributed by atoms with Gasteiger partial charge in [-0.1, -0.05) is 0 Å². The minimum atomic E-state index is 0.670. The van der Waals surface area contributed by atoms with Crippen LogP contribution in [0.25, 0.3) is 0 Å². The zero-order valence-electron chi connectivity index (χ0n) is 7.79. The molecule has 0 amide bonds. The van der Waals surface area contributed by atoms with E-state index >= 15 is 0 Å². The molecule has 1 aliphatic rings. The lowest BCUT2D eigenvalue weighted by molar-refractivity contribution is 0.282. The quantitative estimate of drug-likeness (QED) is 0.601. The van der Waals surface area contributed by atoms with Crippen molar-refractivity contribution in [3.05, 3.63) is 0 Å². The molecule has 3 nitrogen and oxygen atoms in total. The van der Waals surface area contributed by atoms with E-state index < -0.39 is 0 Å². The molecule has 68 valence electrons. The van der Waals surface area contributed by atoms with Gasteiger partial charge in [-0.15, -0.1) is 0 Å². The van der Waals surface area contributed by atoms with E-state index in [4.69, 9.17) is 5.26 Å². The second kappa shape index (κ2) is 5.13. The van der Waals surface area contributed by atoms with Gasteiger partial charge in [0.1, 0.15) is 0 Å². The molecule has 0 aromatic rings. The number of likely N-dealkylation sites (N-methyl/N-ethyl adjacent to an activating group) is 1. The summed E-state index contributed by atoms with van der Waals surface area (Å²) in [4.78, 5) is 4.74. The van der Waals surface area contributed by atoms with Gasteiger partial charge in [-0.2, -0.15) is 5.26 Å². The second-order valence-corrected chi connectivity index (χ2v) is 3.41. The summed E-state index contributed by atoms with van der Waals surface area (Å²) in [6.07, 6.45) is 1.91. The van der Waals surface area contributed by atoms with Gasteiger partial charge in [0.2, 0.25) is 0 Å². The highest BCUT2D eigenvalue weighted by Crippen LogP contribution is 2.00. The molecular weight excluding hydrogens is 150 g/mol. The first-order chi connectivity index (χ1) is 5.83. The van der Waals surface area contributed by atoms with Crippen LogP contribution in [0.4, 0.5) is 0 Å². The molecular formula is C9H17N3. The van der Waals surface area contributed by atoms with Crippen molar-refractivity contribution in [3.8, 4) is 6.07 Å². The van der Waals surface area contributed by atoms with E-state index in [-0.39, 0.29) is 0 Å². The summed E-state index contributed by atoms with van der Waals surface area (Å²) in [5.41, 5.74) is 0. The Morgan fingerprint density at radius 1 is 1.25 bits per heavy atom. The molecule has 0 saturated carbocycles. The molecule has 12 heavy (non-hydrogen) atoms. The number of nitriles is 1. The number of hydrogen-bond acceptors (Lipinski definition) is 3. The third-order valence-corrected chi connectivity index (χ3v) is 2.35. The van der Waals surface area contributed by atoms with Crippen LogP contribution in [0.5, 0.6) is 0 Å². The molecule has 0 aromatic carbocycles. The van der Waals surface area contributed by atoms with Crippen LogP contribution < -0.4 is 0 Å². The molecule has 1 rings (SSSR count). The lowest BCUT2D eigenvalue weighted by atomic mass is 10.3. The van der Waals surface area contributed by atoms with Crippen LogP contribution in [0.1, 0.15) is 12.8 Å². The van der Waals surface area contributed by atoms with E-state index in [1.807, 2.05) is 0 Å². The van der Waals surface area contributed by atoms with Gasteiger partial charge in [-0.25, -0.2) is 0 Å². The fourth-order valence-corrected chi connectivity index (χ4v) is 1.53. The van der Waals surface area contributed by atoms with Gasteiger partial charge < -0.3 is 9.80 Å². The minimum absolute atomic E-state index is 0.670. The maximum atomic E-state index is 8.43. The molecule has 0 radical (unpaired) electrons. The Morgan fingerprint density at radius 3 is 2.83 bits per heavy atom. The van der Waals surface area contributed by atoms with Crippen molar-refractivity contribution >= 4 is 0 Å². The zero-order chi connectivity index (χ0) is 8.81. The van der Waals surface area contributed by atoms with Crippen LogP contribution in [0.15, 0.2) is 0 Å². The lowest BCUT2D eigenvalue weighted by Crippen LogP contribution is -2.29. The second-order valence-electron chi connectivity index (χ2n) is 3.41. The Morgan fingerprint density at radius 2 is 2.08 bits per heavy atom. The Balaban J connectivity index is 2.22. The lowest BCUT2D eigenvalue weighted by Gasteiger charge is -2.17. The standard InChI is InChI=1S/C9H17N3/c1-11-5-3-7-12(9-8-11)6-2-4-10/h2-3,5-9H2,1H3. The molecule has 0 N–H and O–H groups in total. The average molecular weight is 167 g/mol. The first-order valence-electron chi connectivity index (χ1n) is 4.61. The molecule has 0 aromatic heterocycles. The molecule has 3 heteroatoms. The molecule has 1 fully saturated rings. The SMILES string of the molecule is CN1CCCN(CCC#N)CC1. The van der Waals surface area contributed by atoms with Crippen molar-refractivity contribution in [3.63, 3.8) is 0 Å². The normalized spacial score (nSPS) is 21.7. The monoisotopic (exact) mass is 167 g/mol. The molecule has 0 spiro atoms. The van der Waals surface area contributed by atoms with Crippen LogP contribution in [-0.4, -0.2) is 49.6 Å². The summed E-state index contributed by atoms with van der Waals surface area (Å²) in [5, 5.41) is 8.43. The predicted molar refractivity (Wildman–Crippen MR) is 48.8 cm³/mol. The molecule has 1 saturated heterocycles. The molecule has 0 unspecified atom stereocenters. The zero-order valence-corrected chi connectivity index (χ0v) is 7.79. The summed E-state index contributed by atoms with van der Waals surface area (Å²) < 4.78 is 0. The van der Waals surface area contributed by atoms with Gasteiger partial charge in [0.05, 0.1) is 6.07 Å². The van der Waals surface area contributed by atoms with Gasteiger partial charge in [-0.3, -0.25) is 0 Å². The third-order valence-electron chi connectivity index (χ3n) is 2.35. The van der Waals surface area contributed by atoms with Crippen LogP contribution >= 0.6 is 0 Å². The van der Waals surface area contributed by atoms with Crippen LogP contribution in [0.3, 0.4) is 0 Å². The van der Waals surface area contributed by atoms with E-state index in [2.05, 4.69) is 22.9 Å². The third kappa shape index (κ3) is 3.21. The first-order valence-corrected chi connectivity index (χ1v) is 4.61. The summed E-state index contributed by atoms with van der Waals surface area (Å²) in [6.45, 7) is 5.57. The Kier molecular flexibility index (Phi) is 4.06. The largest absolute Gasteiger partial charge is 0.305 e. The molecule has 0 atom stereocenters. The minimum Gasteiger partial charge on any atom is -0.305 e. The smallest absolute Gasteiger partial charge is 0.0635 e. The molecule has 1 heterocycles. The first kappa shape index (κ1) is 9.50. The van der Waals surface area contributed by atoms with Gasteiger partial charge in [-0.05, 0) is 26.6 Å². The van der Waals surface area contributed by atoms with Gasteiger partial charge in [0.15, 0.2) is 0 Å². The maximum absolute atomic E-state index is 8.43. The van der Waals surface area contributed by atoms with Crippen molar-refractivity contribution in [2.45, 2.75) is 12.8 Å². The summed E-state index contributed by atoms with van der Waals surface area (Å²) >= 11 is 0. The van der Waals surface area contributed by atoms with Gasteiger partial charge in [0, 0.05) is 26.1 Å². The summed E-state index contributed by atoms with van der Waals surface area (Å²) in [6, 6.07) is 2.19. The van der Waals surface area contributed by atoms with Crippen molar-refractivity contribution in [1.29, 1.82) is 5.26 Å². The van der Waals surface area contributed by atoms with E-state index in [9.17, 15) is 0 Å². The fourth-order valence-electron chi connectivity index (χ4n) is 1.53. The molecule has 1 aliphatic heterocycles. The topological polar surface area (TPSA) is 30.3 Å². The summed E-state index contributed by atoms with van der Waals surface area (Å²) in [5.74, 6) is 0. The highest BCUT2D eigenvalue weighted by atomic mass is 15.2. The highest BCUT2D eigenvalue weighted by molar-refractivity contribution is 4.74. The van der Waals surface area contributed by atoms with Crippen LogP contribution in [0.2, 0.25) is 0 Å². The number of rotatable bonds is 2. The van der Waals surface area contributed by atoms with E-state index in [0.717, 1.165) is 26.2 Å². The number of hydrogen-bond donors (Lipinski definition) is 0. The van der Waals surface area contributed by atoms with Crippen LogP contribution in [-0.2, 0) is 0 Å². The average Bonchev–Trinajstić information content (AvgIpc) is 2.27. The Hall–Kier alpha value is -0.590. The van der Waals surface area contributed by atoms with Crippen molar-refractivity contribution in [2.24, 2.45) is 0 Å². The maximum Gasteiger partial charge on any atom is 0.0635 e. The fraction of sp³-hybridized carbons (Fsp3) is 0.889. The Labute approximate surface area is 74.6 Å². The Bertz CT molecular complexity index is 162. The van der Waals surface area contributed by atoms with Gasteiger partial charge in [0.25, 0.3) is 0 Å². The highest BCUT2D eigenvalue weighted by Gasteiger charge is 2.10. The molecule has 0 aliphatic carbocycles. The predicted octanol–water partition coefficient (Wildman–Crippen LogP) is 0.538. The number of nitrogens with zero attached hydrogens (tertiary/aromatic N) is 3. The van der Waals surface area contributed by atoms with Gasteiger partial charge >= 0.3 is 0 Å².